The van der Waals surface area contributed by atoms with Crippen molar-refractivity contribution in [3.63, 3.8) is 0 Å². The number of aliphatic hydroxyl groups is 7. The molecule has 1 rings (SSSR count). The van der Waals surface area contributed by atoms with Crippen LogP contribution >= 0.6 is 0 Å². The van der Waals surface area contributed by atoms with Gasteiger partial charge in [-0.25, -0.2) is 0 Å². The minimum atomic E-state index is -0.750. The summed E-state index contributed by atoms with van der Waals surface area (Å²) >= 11 is 0. The van der Waals surface area contributed by atoms with Gasteiger partial charge in [-0.3, -0.25) is 0 Å². The van der Waals surface area contributed by atoms with Crippen LogP contribution in [0.2, 0.25) is 0 Å². The molecule has 1 heterocycles. The maximum absolute atomic E-state index is 8.73. The van der Waals surface area contributed by atoms with Crippen molar-refractivity contribution in [3.8, 4) is 0 Å². The van der Waals surface area contributed by atoms with E-state index in [9.17, 15) is 0 Å². The first kappa shape index (κ1) is 40.6. The van der Waals surface area contributed by atoms with Crippen LogP contribution in [0.4, 0.5) is 0 Å². The monoisotopic (exact) mass is 569 g/mol. The second kappa shape index (κ2) is 39.9. The molecule has 1 atom stereocenters. The van der Waals surface area contributed by atoms with Crippen molar-refractivity contribution in [2.45, 2.75) is 38.4 Å². The average Bonchev–Trinajstić information content (AvgIpc) is 3.17. The summed E-state index contributed by atoms with van der Waals surface area (Å²) in [6.45, 7) is 2.29. The predicted molar refractivity (Wildman–Crippen MR) is 72.9 cm³/mol. The summed E-state index contributed by atoms with van der Waals surface area (Å²) in [5.41, 5.74) is 0. The van der Waals surface area contributed by atoms with Gasteiger partial charge >= 0.3 is 0 Å². The van der Waals surface area contributed by atoms with Gasteiger partial charge in [-0.05, 0) is 26.2 Å². The molecule has 0 aromatic carbocycles. The van der Waals surface area contributed by atoms with Gasteiger partial charge in [0.25, 0.3) is 0 Å². The number of rotatable bonds is 6. The molecule has 11 heteroatoms. The molecule has 0 bridgehead atoms. The van der Waals surface area contributed by atoms with E-state index in [1.807, 2.05) is 0 Å². The Balaban J connectivity index is -0.0000000433. The number of hydrogen-bond donors (Lipinski definition) is 7. The minimum Gasteiger partial charge on any atom is -0.397 e. The molecular formula is C12H30O8Y3. The number of hydrogen-bond acceptors (Lipinski definition) is 8. The first-order valence-electron chi connectivity index (χ1n) is 6.52. The molecule has 0 saturated carbocycles. The largest absolute Gasteiger partial charge is 0.397 e. The summed E-state index contributed by atoms with van der Waals surface area (Å²) in [5, 5.41) is 55.2. The summed E-state index contributed by atoms with van der Waals surface area (Å²) in [5.74, 6) is 0. The topological polar surface area (TPSA) is 154 Å². The third kappa shape index (κ3) is 58.8. The summed E-state index contributed by atoms with van der Waals surface area (Å²) < 4.78 is 4.79. The van der Waals surface area contributed by atoms with Crippen molar-refractivity contribution in [2.24, 2.45) is 0 Å². The molecule has 23 heavy (non-hydrogen) atoms. The molecule has 3 radical (unpaired) electrons. The fourth-order valence-electron chi connectivity index (χ4n) is 0.821. The molecule has 7 N–H and O–H groups in total. The number of aliphatic hydroxyl groups excluding tert-OH is 6. The first-order chi connectivity index (χ1) is 9.57. The molecule has 0 aliphatic carbocycles. The van der Waals surface area contributed by atoms with Crippen LogP contribution in [0.1, 0.15) is 26.2 Å². The standard InChI is InChI=1S/C5H12O3.C4H8O2.C2H6O.CH4O2.3Y/c6-3-1-5(8)2-4-7;5-2-1-4-3-6-4;1-2-3;2-1-3;;;/h5-8H,1-4H2;4-5H,1-3H2;3H,2H2,1H3;2-3H,1H2;;;. The molecule has 135 valence electrons. The second-order valence-corrected chi connectivity index (χ2v) is 3.60. The van der Waals surface area contributed by atoms with Gasteiger partial charge in [-0.15, -0.1) is 0 Å². The van der Waals surface area contributed by atoms with E-state index in [2.05, 4.69) is 0 Å². The summed E-state index contributed by atoms with van der Waals surface area (Å²) in [4.78, 5) is 0. The molecule has 8 nitrogen and oxygen atoms in total. The Hall–Kier alpha value is 2.99. The first-order valence-corrected chi connectivity index (χ1v) is 6.52. The fraction of sp³-hybridized carbons (Fsp3) is 1.00. The van der Waals surface area contributed by atoms with Crippen molar-refractivity contribution in [1.29, 1.82) is 0 Å². The third-order valence-electron chi connectivity index (χ3n) is 1.78. The molecule has 0 aromatic rings. The van der Waals surface area contributed by atoms with Crippen molar-refractivity contribution in [2.75, 3.05) is 39.8 Å². The van der Waals surface area contributed by atoms with Crippen molar-refractivity contribution in [1.82, 2.24) is 0 Å². The quantitative estimate of drug-likeness (QED) is 0.141. The van der Waals surface area contributed by atoms with Crippen molar-refractivity contribution in [3.05, 3.63) is 0 Å². The zero-order valence-electron chi connectivity index (χ0n) is 13.8. The normalized spacial score (nSPS) is 13.2. The third-order valence-corrected chi connectivity index (χ3v) is 1.78. The molecule has 1 aliphatic heterocycles. The maximum Gasteiger partial charge on any atom is 0.140 e. The van der Waals surface area contributed by atoms with E-state index in [1.54, 1.807) is 6.92 Å². The molecular weight excluding hydrogens is 539 g/mol. The Morgan fingerprint density at radius 3 is 1.30 bits per heavy atom. The van der Waals surface area contributed by atoms with Gasteiger partial charge in [0.2, 0.25) is 0 Å². The molecule has 0 amide bonds. The Bertz CT molecular complexity index is 148. The van der Waals surface area contributed by atoms with Gasteiger partial charge in [-0.2, -0.15) is 0 Å². The molecule has 1 fully saturated rings. The SMILES string of the molecule is CCO.OCCC(O)CCO.OCCC1CO1.OCO.[Y].[Y].[Y]. The van der Waals surface area contributed by atoms with E-state index in [4.69, 9.17) is 40.5 Å². The molecule has 1 aliphatic rings. The van der Waals surface area contributed by atoms with Gasteiger partial charge in [0.15, 0.2) is 0 Å². The number of epoxide rings is 1. The number of ether oxygens (including phenoxy) is 1. The van der Waals surface area contributed by atoms with Crippen molar-refractivity contribution >= 4 is 0 Å². The second-order valence-electron chi connectivity index (χ2n) is 3.60. The summed E-state index contributed by atoms with van der Waals surface area (Å²) in [7, 11) is 0. The Morgan fingerprint density at radius 2 is 1.17 bits per heavy atom. The molecule has 0 spiro atoms. The van der Waals surface area contributed by atoms with E-state index in [-0.39, 0.29) is 125 Å². The minimum absolute atomic E-state index is 0. The zero-order chi connectivity index (χ0) is 16.2. The van der Waals surface area contributed by atoms with Crippen LogP contribution in [-0.4, -0.2) is 87.8 Å². The van der Waals surface area contributed by atoms with Crippen molar-refractivity contribution < 1.29 is 139 Å². The molecule has 0 aromatic heterocycles. The van der Waals surface area contributed by atoms with E-state index in [1.165, 1.54) is 0 Å². The Morgan fingerprint density at radius 1 is 0.870 bits per heavy atom. The Kier molecular flexibility index (Phi) is 70.4. The summed E-state index contributed by atoms with van der Waals surface area (Å²) in [6.07, 6.45) is 1.40. The van der Waals surface area contributed by atoms with Gasteiger partial charge in [0.1, 0.15) is 6.79 Å². The van der Waals surface area contributed by atoms with E-state index < -0.39 is 12.9 Å². The Labute approximate surface area is 214 Å². The smallest absolute Gasteiger partial charge is 0.140 e. The van der Waals surface area contributed by atoms with E-state index >= 15 is 0 Å². The van der Waals surface area contributed by atoms with E-state index in [0.717, 1.165) is 13.0 Å². The van der Waals surface area contributed by atoms with Crippen LogP contribution in [-0.2, 0) is 103 Å². The zero-order valence-corrected chi connectivity index (χ0v) is 22.3. The maximum atomic E-state index is 8.73. The van der Waals surface area contributed by atoms with Crippen LogP contribution in [0.3, 0.4) is 0 Å². The van der Waals surface area contributed by atoms with Crippen LogP contribution in [0.15, 0.2) is 0 Å². The summed E-state index contributed by atoms with van der Waals surface area (Å²) in [6, 6.07) is 0. The molecule has 1 unspecified atom stereocenters. The van der Waals surface area contributed by atoms with E-state index in [0.29, 0.717) is 18.9 Å². The van der Waals surface area contributed by atoms with Crippen LogP contribution in [0.5, 0.6) is 0 Å². The van der Waals surface area contributed by atoms with Gasteiger partial charge in [0, 0.05) is 125 Å². The van der Waals surface area contributed by atoms with Crippen LogP contribution in [0.25, 0.3) is 0 Å². The van der Waals surface area contributed by atoms with Gasteiger partial charge in [-0.1, -0.05) is 0 Å². The van der Waals surface area contributed by atoms with Gasteiger partial charge < -0.3 is 40.5 Å². The van der Waals surface area contributed by atoms with Crippen LogP contribution < -0.4 is 0 Å². The van der Waals surface area contributed by atoms with Gasteiger partial charge in [0.05, 0.1) is 18.8 Å². The predicted octanol–water partition coefficient (Wildman–Crippen LogP) is -2.20. The fourth-order valence-corrected chi connectivity index (χ4v) is 0.821. The van der Waals surface area contributed by atoms with Crippen LogP contribution in [0, 0.1) is 0 Å². The molecule has 1 saturated heterocycles. The average molecular weight is 569 g/mol.